The molecule has 2 heteroatoms. The lowest BCUT2D eigenvalue weighted by Crippen LogP contribution is -2.42. The van der Waals surface area contributed by atoms with E-state index in [0.29, 0.717) is 0 Å². The molecule has 2 nitrogen and oxygen atoms in total. The van der Waals surface area contributed by atoms with Crippen LogP contribution in [0, 0.1) is 5.92 Å². The molecule has 1 heterocycles. The summed E-state index contributed by atoms with van der Waals surface area (Å²) in [6.45, 7) is 8.46. The molecule has 1 aliphatic carbocycles. The van der Waals surface area contributed by atoms with Crippen LogP contribution in [0.3, 0.4) is 0 Å². The van der Waals surface area contributed by atoms with E-state index >= 15 is 0 Å². The molecule has 2 rings (SSSR count). The molecule has 0 aromatic heterocycles. The fourth-order valence-corrected chi connectivity index (χ4v) is 3.28. The van der Waals surface area contributed by atoms with E-state index in [4.69, 9.17) is 0 Å². The van der Waals surface area contributed by atoms with Crippen molar-refractivity contribution in [1.82, 2.24) is 10.2 Å². The molecule has 88 valence electrons. The first kappa shape index (κ1) is 11.4. The third kappa shape index (κ3) is 2.73. The van der Waals surface area contributed by atoms with Gasteiger partial charge in [0.15, 0.2) is 0 Å². The van der Waals surface area contributed by atoms with Crippen molar-refractivity contribution in [3.8, 4) is 0 Å². The second kappa shape index (κ2) is 5.31. The molecule has 0 unspecified atom stereocenters. The van der Waals surface area contributed by atoms with E-state index in [2.05, 4.69) is 24.1 Å². The third-order valence-corrected chi connectivity index (χ3v) is 4.38. The number of likely N-dealkylation sites (N-methyl/N-ethyl adjacent to an activating group) is 1. The van der Waals surface area contributed by atoms with E-state index < -0.39 is 0 Å². The molecule has 3 atom stereocenters. The monoisotopic (exact) mass is 210 g/mol. The highest BCUT2D eigenvalue weighted by molar-refractivity contribution is 4.85. The third-order valence-electron chi connectivity index (χ3n) is 4.38. The molecule has 0 radical (unpaired) electrons. The number of hydrogen-bond donors (Lipinski definition) is 1. The van der Waals surface area contributed by atoms with Crippen LogP contribution in [0.5, 0.6) is 0 Å². The molecule has 1 saturated heterocycles. The summed E-state index contributed by atoms with van der Waals surface area (Å²) in [6, 6.07) is 1.63. The number of nitrogens with one attached hydrogen (secondary N) is 1. The zero-order valence-electron chi connectivity index (χ0n) is 10.3. The summed E-state index contributed by atoms with van der Waals surface area (Å²) in [6.07, 6.45) is 7.07. The van der Waals surface area contributed by atoms with Crippen LogP contribution >= 0.6 is 0 Å². The predicted molar refractivity (Wildman–Crippen MR) is 65.1 cm³/mol. The minimum Gasteiger partial charge on any atom is -0.312 e. The van der Waals surface area contributed by atoms with Crippen molar-refractivity contribution in [2.75, 3.05) is 19.6 Å². The number of rotatable bonds is 4. The molecule has 0 bridgehead atoms. The van der Waals surface area contributed by atoms with Crippen LogP contribution < -0.4 is 5.32 Å². The van der Waals surface area contributed by atoms with E-state index in [1.807, 2.05) is 0 Å². The summed E-state index contributed by atoms with van der Waals surface area (Å²) >= 11 is 0. The van der Waals surface area contributed by atoms with Crippen molar-refractivity contribution in [3.05, 3.63) is 0 Å². The van der Waals surface area contributed by atoms with Crippen molar-refractivity contribution >= 4 is 0 Å². The van der Waals surface area contributed by atoms with Crippen LogP contribution in [0.2, 0.25) is 0 Å². The molecule has 2 fully saturated rings. The highest BCUT2D eigenvalue weighted by Gasteiger charge is 2.26. The Hall–Kier alpha value is -0.0800. The lowest BCUT2D eigenvalue weighted by Gasteiger charge is -2.26. The Labute approximate surface area is 94.4 Å². The first-order valence-corrected chi connectivity index (χ1v) is 6.78. The van der Waals surface area contributed by atoms with Crippen molar-refractivity contribution in [3.63, 3.8) is 0 Å². The molecule has 2 aliphatic rings. The topological polar surface area (TPSA) is 15.3 Å². The molecule has 1 saturated carbocycles. The molecule has 15 heavy (non-hydrogen) atoms. The summed E-state index contributed by atoms with van der Waals surface area (Å²) in [5, 5.41) is 3.80. The first-order chi connectivity index (χ1) is 7.31. The average molecular weight is 210 g/mol. The second-order valence-corrected chi connectivity index (χ2v) is 5.35. The molecule has 1 aliphatic heterocycles. The minimum absolute atomic E-state index is 0.810. The Morgan fingerprint density at radius 2 is 2.07 bits per heavy atom. The first-order valence-electron chi connectivity index (χ1n) is 6.78. The summed E-state index contributed by atoms with van der Waals surface area (Å²) in [5.41, 5.74) is 0. The summed E-state index contributed by atoms with van der Waals surface area (Å²) < 4.78 is 0. The average Bonchev–Trinajstić information content (AvgIpc) is 2.83. The van der Waals surface area contributed by atoms with E-state index in [9.17, 15) is 0 Å². The molecular weight excluding hydrogens is 184 g/mol. The van der Waals surface area contributed by atoms with Crippen LogP contribution in [0.15, 0.2) is 0 Å². The quantitative estimate of drug-likeness (QED) is 0.765. The van der Waals surface area contributed by atoms with E-state index in [0.717, 1.165) is 18.0 Å². The van der Waals surface area contributed by atoms with Gasteiger partial charge < -0.3 is 5.32 Å². The van der Waals surface area contributed by atoms with Gasteiger partial charge in [-0.25, -0.2) is 0 Å². The molecular formula is C13H26N2. The van der Waals surface area contributed by atoms with Gasteiger partial charge >= 0.3 is 0 Å². The fraction of sp³-hybridized carbons (Fsp3) is 1.00. The van der Waals surface area contributed by atoms with Crippen LogP contribution in [-0.4, -0.2) is 36.6 Å². The number of nitrogens with zero attached hydrogens (tertiary/aromatic N) is 1. The highest BCUT2D eigenvalue weighted by Crippen LogP contribution is 2.25. The van der Waals surface area contributed by atoms with E-state index in [1.165, 1.54) is 51.7 Å². The van der Waals surface area contributed by atoms with E-state index in [1.54, 1.807) is 0 Å². The normalized spacial score (nSPS) is 37.6. The lowest BCUT2D eigenvalue weighted by atomic mass is 10.1. The van der Waals surface area contributed by atoms with Gasteiger partial charge in [0.05, 0.1) is 0 Å². The van der Waals surface area contributed by atoms with Gasteiger partial charge in [-0.15, -0.1) is 0 Å². The summed E-state index contributed by atoms with van der Waals surface area (Å²) in [4.78, 5) is 2.63. The SMILES string of the molecule is CCN1CCC[C@@H]1CN[C@H]1CCC[C@@H]1C. The van der Waals surface area contributed by atoms with E-state index in [-0.39, 0.29) is 0 Å². The molecule has 0 aromatic carbocycles. The second-order valence-electron chi connectivity index (χ2n) is 5.35. The minimum atomic E-state index is 0.810. The van der Waals surface area contributed by atoms with Gasteiger partial charge in [0.25, 0.3) is 0 Å². The van der Waals surface area contributed by atoms with Crippen molar-refractivity contribution in [2.45, 2.75) is 58.0 Å². The maximum Gasteiger partial charge on any atom is 0.0221 e. The van der Waals surface area contributed by atoms with Crippen LogP contribution in [0.1, 0.15) is 46.0 Å². The summed E-state index contributed by atoms with van der Waals surface area (Å²) in [5.74, 6) is 0.904. The Bertz CT molecular complexity index is 193. The largest absolute Gasteiger partial charge is 0.312 e. The van der Waals surface area contributed by atoms with Gasteiger partial charge in [0, 0.05) is 18.6 Å². The Kier molecular flexibility index (Phi) is 4.04. The Morgan fingerprint density at radius 3 is 2.73 bits per heavy atom. The maximum absolute atomic E-state index is 3.80. The van der Waals surface area contributed by atoms with Gasteiger partial charge in [-0.05, 0) is 44.7 Å². The zero-order valence-corrected chi connectivity index (χ0v) is 10.3. The predicted octanol–water partition coefficient (Wildman–Crippen LogP) is 2.25. The molecule has 0 amide bonds. The molecule has 1 N–H and O–H groups in total. The van der Waals surface area contributed by atoms with Gasteiger partial charge in [-0.2, -0.15) is 0 Å². The fourth-order valence-electron chi connectivity index (χ4n) is 3.28. The summed E-state index contributed by atoms with van der Waals surface area (Å²) in [7, 11) is 0. The standard InChI is InChI=1S/C13H26N2/c1-3-15-9-5-7-12(15)10-14-13-8-4-6-11(13)2/h11-14H,3-10H2,1-2H3/t11-,12+,13-/m0/s1. The lowest BCUT2D eigenvalue weighted by molar-refractivity contribution is 0.248. The van der Waals surface area contributed by atoms with Gasteiger partial charge in [-0.1, -0.05) is 20.3 Å². The van der Waals surface area contributed by atoms with Gasteiger partial charge in [-0.3, -0.25) is 4.90 Å². The molecule has 0 aromatic rings. The van der Waals surface area contributed by atoms with Crippen molar-refractivity contribution < 1.29 is 0 Å². The Morgan fingerprint density at radius 1 is 1.20 bits per heavy atom. The van der Waals surface area contributed by atoms with Crippen molar-refractivity contribution in [2.24, 2.45) is 5.92 Å². The number of hydrogen-bond acceptors (Lipinski definition) is 2. The van der Waals surface area contributed by atoms with Crippen LogP contribution in [-0.2, 0) is 0 Å². The van der Waals surface area contributed by atoms with Crippen LogP contribution in [0.25, 0.3) is 0 Å². The maximum atomic E-state index is 3.80. The smallest absolute Gasteiger partial charge is 0.0221 e. The van der Waals surface area contributed by atoms with Crippen molar-refractivity contribution in [1.29, 1.82) is 0 Å². The van der Waals surface area contributed by atoms with Gasteiger partial charge in [0.2, 0.25) is 0 Å². The highest BCUT2D eigenvalue weighted by atomic mass is 15.2. The Balaban J connectivity index is 1.72. The zero-order chi connectivity index (χ0) is 10.7. The number of likely N-dealkylation sites (tertiary alicyclic amines) is 1. The molecule has 0 spiro atoms. The van der Waals surface area contributed by atoms with Crippen LogP contribution in [0.4, 0.5) is 0 Å². The van der Waals surface area contributed by atoms with Gasteiger partial charge in [0.1, 0.15) is 0 Å².